The van der Waals surface area contributed by atoms with Crippen LogP contribution in [-0.2, 0) is 4.79 Å². The second kappa shape index (κ2) is 7.25. The van der Waals surface area contributed by atoms with Gasteiger partial charge in [-0.2, -0.15) is 0 Å². The molecule has 0 spiro atoms. The van der Waals surface area contributed by atoms with Crippen molar-refractivity contribution >= 4 is 23.2 Å². The molecule has 4 nitrogen and oxygen atoms in total. The largest absolute Gasteiger partial charge is 0.361 e. The van der Waals surface area contributed by atoms with E-state index in [-0.39, 0.29) is 5.91 Å². The number of hydrogen-bond acceptors (Lipinski definition) is 2. The van der Waals surface area contributed by atoms with Gasteiger partial charge in [0.05, 0.1) is 0 Å². The summed E-state index contributed by atoms with van der Waals surface area (Å²) in [5, 5.41) is 3.60. The second-order valence-electron chi connectivity index (χ2n) is 6.75. The van der Waals surface area contributed by atoms with Gasteiger partial charge in [-0.3, -0.25) is 15.6 Å². The molecule has 0 aromatic heterocycles. The lowest BCUT2D eigenvalue weighted by atomic mass is 9.86. The van der Waals surface area contributed by atoms with Crippen LogP contribution < -0.4 is 16.2 Å². The smallest absolute Gasteiger partial charge is 0.238 e. The van der Waals surface area contributed by atoms with Crippen molar-refractivity contribution in [2.45, 2.75) is 52.4 Å². The van der Waals surface area contributed by atoms with Crippen molar-refractivity contribution in [1.82, 2.24) is 16.2 Å². The summed E-state index contributed by atoms with van der Waals surface area (Å²) in [5.41, 5.74) is 5.51. The average Bonchev–Trinajstić information content (AvgIpc) is 2.98. The maximum absolute atomic E-state index is 11.9. The summed E-state index contributed by atoms with van der Waals surface area (Å²) in [7, 11) is 0. The third-order valence-corrected chi connectivity index (χ3v) is 4.90. The highest BCUT2D eigenvalue weighted by molar-refractivity contribution is 7.80. The van der Waals surface area contributed by atoms with Crippen molar-refractivity contribution in [3.8, 4) is 0 Å². The Labute approximate surface area is 127 Å². The topological polar surface area (TPSA) is 53.2 Å². The van der Waals surface area contributed by atoms with E-state index in [2.05, 4.69) is 30.0 Å². The lowest BCUT2D eigenvalue weighted by Crippen LogP contribution is -2.47. The van der Waals surface area contributed by atoms with Gasteiger partial charge in [0.1, 0.15) is 0 Å². The lowest BCUT2D eigenvalue weighted by molar-refractivity contribution is -0.122. The van der Waals surface area contributed by atoms with E-state index in [0.717, 1.165) is 24.8 Å². The molecule has 2 aliphatic carbocycles. The normalized spacial score (nSPS) is 27.6. The van der Waals surface area contributed by atoms with Gasteiger partial charge >= 0.3 is 0 Å². The molecule has 3 atom stereocenters. The Bertz CT molecular complexity index is 359. The SMILES string of the molecule is CC(C)CCNC(=S)NNC(=O)C[C@H]1C[C@H]2CC[C@@H]1C2. The molecule has 2 bridgehead atoms. The molecule has 0 radical (unpaired) electrons. The number of hydrazine groups is 1. The number of carbonyl (C=O) groups excluding carboxylic acids is 1. The number of fused-ring (bicyclic) bond motifs is 2. The van der Waals surface area contributed by atoms with Crippen molar-refractivity contribution in [1.29, 1.82) is 0 Å². The minimum atomic E-state index is 0.0653. The van der Waals surface area contributed by atoms with Crippen molar-refractivity contribution < 1.29 is 4.79 Å². The predicted octanol–water partition coefficient (Wildman–Crippen LogP) is 2.35. The number of rotatable bonds is 5. The summed E-state index contributed by atoms with van der Waals surface area (Å²) in [5.74, 6) is 3.00. The van der Waals surface area contributed by atoms with E-state index in [0.29, 0.717) is 23.4 Å². The van der Waals surface area contributed by atoms with Gasteiger partial charge < -0.3 is 5.32 Å². The molecule has 114 valence electrons. The van der Waals surface area contributed by atoms with Crippen molar-refractivity contribution in [3.63, 3.8) is 0 Å². The van der Waals surface area contributed by atoms with Crippen LogP contribution in [0.5, 0.6) is 0 Å². The standard InChI is InChI=1S/C15H27N3OS/c1-10(2)5-6-16-15(20)18-17-14(19)9-13-8-11-3-4-12(13)7-11/h10-13H,3-9H2,1-2H3,(H,17,19)(H2,16,18,20)/t11-,12+,13+/m0/s1. The zero-order chi connectivity index (χ0) is 14.5. The first-order chi connectivity index (χ1) is 9.54. The molecule has 0 saturated heterocycles. The van der Waals surface area contributed by atoms with Gasteiger partial charge in [0.2, 0.25) is 5.91 Å². The van der Waals surface area contributed by atoms with Crippen LogP contribution in [-0.4, -0.2) is 17.6 Å². The molecule has 0 aliphatic heterocycles. The summed E-state index contributed by atoms with van der Waals surface area (Å²) in [4.78, 5) is 11.9. The van der Waals surface area contributed by atoms with Gasteiger partial charge in [-0.05, 0) is 61.6 Å². The third kappa shape index (κ3) is 4.62. The van der Waals surface area contributed by atoms with Gasteiger partial charge in [0.15, 0.2) is 5.11 Å². The molecular formula is C15H27N3OS. The molecule has 0 aromatic rings. The average molecular weight is 297 g/mol. The van der Waals surface area contributed by atoms with Crippen LogP contribution in [0.25, 0.3) is 0 Å². The van der Waals surface area contributed by atoms with Crippen LogP contribution in [0, 0.1) is 23.7 Å². The maximum atomic E-state index is 11.9. The first-order valence-electron chi connectivity index (χ1n) is 7.87. The highest BCUT2D eigenvalue weighted by Gasteiger charge is 2.40. The highest BCUT2D eigenvalue weighted by Crippen LogP contribution is 2.49. The Hall–Kier alpha value is -0.840. The van der Waals surface area contributed by atoms with E-state index >= 15 is 0 Å². The molecule has 2 saturated carbocycles. The van der Waals surface area contributed by atoms with Gasteiger partial charge in [-0.25, -0.2) is 0 Å². The molecule has 0 heterocycles. The van der Waals surface area contributed by atoms with Crippen LogP contribution in [0.15, 0.2) is 0 Å². The molecule has 2 fully saturated rings. The quantitative estimate of drug-likeness (QED) is 0.538. The van der Waals surface area contributed by atoms with E-state index in [1.54, 1.807) is 0 Å². The van der Waals surface area contributed by atoms with E-state index in [1.807, 2.05) is 0 Å². The summed E-state index contributed by atoms with van der Waals surface area (Å²) >= 11 is 5.12. The van der Waals surface area contributed by atoms with Crippen LogP contribution >= 0.6 is 12.2 Å². The van der Waals surface area contributed by atoms with E-state index in [4.69, 9.17) is 12.2 Å². The first kappa shape index (κ1) is 15.5. The monoisotopic (exact) mass is 297 g/mol. The van der Waals surface area contributed by atoms with Crippen LogP contribution in [0.4, 0.5) is 0 Å². The maximum Gasteiger partial charge on any atom is 0.238 e. The van der Waals surface area contributed by atoms with Crippen LogP contribution in [0.2, 0.25) is 0 Å². The van der Waals surface area contributed by atoms with E-state index in [9.17, 15) is 4.79 Å². The molecule has 0 aromatic carbocycles. The van der Waals surface area contributed by atoms with Crippen molar-refractivity contribution in [3.05, 3.63) is 0 Å². The van der Waals surface area contributed by atoms with Gasteiger partial charge in [-0.15, -0.1) is 0 Å². The fraction of sp³-hybridized carbons (Fsp3) is 0.867. The second-order valence-corrected chi connectivity index (χ2v) is 7.16. The van der Waals surface area contributed by atoms with Crippen LogP contribution in [0.3, 0.4) is 0 Å². The van der Waals surface area contributed by atoms with E-state index < -0.39 is 0 Å². The minimum absolute atomic E-state index is 0.0653. The number of amides is 1. The number of nitrogens with one attached hydrogen (secondary N) is 3. The Kier molecular flexibility index (Phi) is 5.64. The molecule has 5 heteroatoms. The molecule has 2 rings (SSSR count). The molecule has 0 unspecified atom stereocenters. The summed E-state index contributed by atoms with van der Waals surface area (Å²) in [6, 6.07) is 0. The first-order valence-corrected chi connectivity index (χ1v) is 8.28. The molecule has 2 aliphatic rings. The summed E-state index contributed by atoms with van der Waals surface area (Å²) < 4.78 is 0. The Balaban J connectivity index is 1.57. The Morgan fingerprint density at radius 3 is 2.65 bits per heavy atom. The molecule has 3 N–H and O–H groups in total. The lowest BCUT2D eigenvalue weighted by Gasteiger charge is -2.21. The van der Waals surface area contributed by atoms with Gasteiger partial charge in [-0.1, -0.05) is 20.3 Å². The number of hydrogen-bond donors (Lipinski definition) is 3. The minimum Gasteiger partial charge on any atom is -0.361 e. The van der Waals surface area contributed by atoms with Crippen molar-refractivity contribution in [2.24, 2.45) is 23.7 Å². The Morgan fingerprint density at radius 2 is 2.05 bits per heavy atom. The van der Waals surface area contributed by atoms with Crippen LogP contribution in [0.1, 0.15) is 52.4 Å². The van der Waals surface area contributed by atoms with Gasteiger partial charge in [0.25, 0.3) is 0 Å². The highest BCUT2D eigenvalue weighted by atomic mass is 32.1. The summed E-state index contributed by atoms with van der Waals surface area (Å²) in [6.45, 7) is 5.19. The number of thiocarbonyl (C=S) groups is 1. The molecular weight excluding hydrogens is 270 g/mol. The zero-order valence-corrected chi connectivity index (χ0v) is 13.4. The molecule has 1 amide bonds. The molecule has 20 heavy (non-hydrogen) atoms. The third-order valence-electron chi connectivity index (χ3n) is 4.65. The van der Waals surface area contributed by atoms with Crippen molar-refractivity contribution in [2.75, 3.05) is 6.54 Å². The fourth-order valence-corrected chi connectivity index (χ4v) is 3.71. The zero-order valence-electron chi connectivity index (χ0n) is 12.6. The fourth-order valence-electron chi connectivity index (χ4n) is 3.56. The Morgan fingerprint density at radius 1 is 1.25 bits per heavy atom. The number of carbonyl (C=O) groups is 1. The van der Waals surface area contributed by atoms with Gasteiger partial charge in [0, 0.05) is 13.0 Å². The predicted molar refractivity (Wildman–Crippen MR) is 84.9 cm³/mol. The van der Waals surface area contributed by atoms with E-state index in [1.165, 1.54) is 25.7 Å². The summed E-state index contributed by atoms with van der Waals surface area (Å²) in [6.07, 6.45) is 7.01.